The Labute approximate surface area is 228 Å². The first-order valence-electron chi connectivity index (χ1n) is 14.9. The molecule has 1 amide bonds. The lowest BCUT2D eigenvalue weighted by atomic mass is 9.32. The van der Waals surface area contributed by atoms with Gasteiger partial charge in [-0.25, -0.2) is 4.39 Å². The van der Waals surface area contributed by atoms with Gasteiger partial charge in [0, 0.05) is 12.0 Å². The van der Waals surface area contributed by atoms with Crippen LogP contribution in [0.1, 0.15) is 92.9 Å². The first-order valence-corrected chi connectivity index (χ1v) is 14.9. The number of allylic oxidation sites excluding steroid dienone is 3. The summed E-state index contributed by atoms with van der Waals surface area (Å²) in [5.41, 5.74) is 0.425. The molecule has 0 bridgehead atoms. The summed E-state index contributed by atoms with van der Waals surface area (Å²) in [5, 5.41) is 12.9. The second-order valence-corrected chi connectivity index (χ2v) is 14.9. The third kappa shape index (κ3) is 3.30. The van der Waals surface area contributed by atoms with Crippen LogP contribution in [0.5, 0.6) is 0 Å². The number of carbonyl (C=O) groups is 2. The normalized spacial score (nSPS) is 46.9. The second kappa shape index (κ2) is 8.77. The van der Waals surface area contributed by atoms with Crippen LogP contribution in [0.15, 0.2) is 23.8 Å². The maximum atomic E-state index is 13.7. The highest BCUT2D eigenvalue weighted by molar-refractivity contribution is 6.04. The molecule has 5 aliphatic rings. The molecule has 9 atom stereocenters. The standard InChI is InChI=1S/C33H47FN2O2/c1-20(2)22-10-13-33(28(38)36-17-16-34)15-14-31(6)23(26(22)33)8-9-25-30(5)18-21(19-35)27(37)29(3,4)24(30)11-12-32(25,31)7/h18,22-26H,1,8-17H2,2-7H3,(H,36,38)/t22-,23+,24-,25+,26+,30-,31+,32+,33-/m0/s1. The van der Waals surface area contributed by atoms with Gasteiger partial charge in [-0.1, -0.05) is 52.8 Å². The third-order valence-electron chi connectivity index (χ3n) is 13.4. The van der Waals surface area contributed by atoms with Crippen molar-refractivity contribution in [3.05, 3.63) is 23.8 Å². The van der Waals surface area contributed by atoms with E-state index in [1.165, 1.54) is 5.57 Å². The van der Waals surface area contributed by atoms with Crippen molar-refractivity contribution >= 4 is 11.7 Å². The molecule has 0 aromatic rings. The lowest BCUT2D eigenvalue weighted by Gasteiger charge is -2.71. The van der Waals surface area contributed by atoms with E-state index in [1.54, 1.807) is 0 Å². The molecule has 0 radical (unpaired) electrons. The van der Waals surface area contributed by atoms with Crippen molar-refractivity contribution < 1.29 is 14.0 Å². The zero-order valence-electron chi connectivity index (χ0n) is 24.4. The Morgan fingerprint density at radius 3 is 2.39 bits per heavy atom. The Balaban J connectivity index is 1.59. The minimum absolute atomic E-state index is 0.00275. The summed E-state index contributed by atoms with van der Waals surface area (Å²) in [6, 6.07) is 2.25. The Kier molecular flexibility index (Phi) is 6.37. The summed E-state index contributed by atoms with van der Waals surface area (Å²) in [7, 11) is 0. The van der Waals surface area contributed by atoms with Gasteiger partial charge in [-0.2, -0.15) is 5.26 Å². The highest BCUT2D eigenvalue weighted by atomic mass is 19.1. The molecule has 4 nitrogen and oxygen atoms in total. The molecule has 0 aromatic carbocycles. The number of alkyl halides is 1. The zero-order valence-corrected chi connectivity index (χ0v) is 24.4. The highest BCUT2D eigenvalue weighted by Gasteiger charge is 2.71. The first-order chi connectivity index (χ1) is 17.7. The van der Waals surface area contributed by atoms with Gasteiger partial charge >= 0.3 is 0 Å². The minimum atomic E-state index is -0.541. The fourth-order valence-electron chi connectivity index (χ4n) is 11.5. The van der Waals surface area contributed by atoms with E-state index in [0.29, 0.717) is 23.3 Å². The van der Waals surface area contributed by atoms with Crippen molar-refractivity contribution in [1.82, 2.24) is 5.32 Å². The number of rotatable bonds is 4. The summed E-state index contributed by atoms with van der Waals surface area (Å²) in [6.07, 6.45) is 9.91. The molecule has 1 N–H and O–H groups in total. The monoisotopic (exact) mass is 522 g/mol. The van der Waals surface area contributed by atoms with Gasteiger partial charge in [0.15, 0.2) is 5.78 Å². The summed E-state index contributed by atoms with van der Waals surface area (Å²) >= 11 is 0. The van der Waals surface area contributed by atoms with Crippen LogP contribution in [0.2, 0.25) is 0 Å². The van der Waals surface area contributed by atoms with Crippen LogP contribution in [0.25, 0.3) is 0 Å². The molecule has 0 spiro atoms. The van der Waals surface area contributed by atoms with Crippen LogP contribution in [-0.2, 0) is 9.59 Å². The van der Waals surface area contributed by atoms with Gasteiger partial charge in [0.05, 0.1) is 11.0 Å². The lowest BCUT2D eigenvalue weighted by Crippen LogP contribution is -2.66. The summed E-state index contributed by atoms with van der Waals surface area (Å²) in [5.74, 6) is 1.61. The van der Waals surface area contributed by atoms with E-state index in [-0.39, 0.29) is 46.3 Å². The average Bonchev–Trinajstić information content (AvgIpc) is 3.26. The van der Waals surface area contributed by atoms with Crippen molar-refractivity contribution in [3.63, 3.8) is 0 Å². The van der Waals surface area contributed by atoms with E-state index in [2.05, 4.69) is 65.6 Å². The van der Waals surface area contributed by atoms with Crippen molar-refractivity contribution in [1.29, 1.82) is 5.26 Å². The zero-order chi connectivity index (χ0) is 27.9. The van der Waals surface area contributed by atoms with Gasteiger partial charge in [0.2, 0.25) is 5.91 Å². The number of fused-ring (bicyclic) bond motifs is 7. The van der Waals surface area contributed by atoms with Crippen molar-refractivity contribution in [3.8, 4) is 6.07 Å². The Hall–Kier alpha value is -1.96. The Bertz CT molecular complexity index is 1130. The average molecular weight is 523 g/mol. The van der Waals surface area contributed by atoms with Gasteiger partial charge in [-0.05, 0) is 104 Å². The van der Waals surface area contributed by atoms with Crippen molar-refractivity contribution in [2.75, 3.05) is 13.2 Å². The molecule has 4 fully saturated rings. The number of nitrogens with zero attached hydrogens (tertiary/aromatic N) is 1. The molecule has 0 aliphatic heterocycles. The number of amides is 1. The molecule has 0 unspecified atom stereocenters. The van der Waals surface area contributed by atoms with Crippen LogP contribution in [0, 0.1) is 68.0 Å². The molecule has 5 rings (SSSR count). The molecule has 0 saturated heterocycles. The van der Waals surface area contributed by atoms with Crippen molar-refractivity contribution in [2.24, 2.45) is 56.7 Å². The fraction of sp³-hybridized carbons (Fsp3) is 0.788. The molecular weight excluding hydrogens is 475 g/mol. The Morgan fingerprint density at radius 2 is 1.76 bits per heavy atom. The van der Waals surface area contributed by atoms with E-state index >= 15 is 0 Å². The number of nitriles is 1. The van der Waals surface area contributed by atoms with Crippen LogP contribution in [0.4, 0.5) is 4.39 Å². The molecular formula is C33H47FN2O2. The number of ketones is 1. The van der Waals surface area contributed by atoms with Crippen molar-refractivity contribution in [2.45, 2.75) is 92.9 Å². The number of Topliss-reactive ketones (excluding diaryl/α,β-unsaturated/α-hetero) is 1. The predicted molar refractivity (Wildman–Crippen MR) is 147 cm³/mol. The van der Waals surface area contributed by atoms with E-state index in [0.717, 1.165) is 51.4 Å². The molecule has 0 heterocycles. The quantitative estimate of drug-likeness (QED) is 0.405. The number of hydrogen-bond donors (Lipinski definition) is 1. The van der Waals surface area contributed by atoms with Crippen LogP contribution >= 0.6 is 0 Å². The molecule has 5 heteroatoms. The van der Waals surface area contributed by atoms with Gasteiger partial charge in [-0.3, -0.25) is 9.59 Å². The number of hydrogen-bond acceptors (Lipinski definition) is 3. The topological polar surface area (TPSA) is 70.0 Å². The van der Waals surface area contributed by atoms with E-state index < -0.39 is 17.5 Å². The predicted octanol–water partition coefficient (Wildman–Crippen LogP) is 6.97. The second-order valence-electron chi connectivity index (χ2n) is 14.9. The van der Waals surface area contributed by atoms with Gasteiger partial charge < -0.3 is 5.32 Å². The SMILES string of the molecule is C=C(C)[C@@H]1CC[C@]2(C(=O)NCCF)CC[C@]3(C)[C@H](CC[C@@H]4[C@@]5(C)C=C(C#N)C(=O)C(C)(C)[C@@H]5CC[C@]43C)[C@@H]12. The van der Waals surface area contributed by atoms with Crippen LogP contribution in [-0.4, -0.2) is 24.9 Å². The Morgan fingerprint density at radius 1 is 1.05 bits per heavy atom. The molecule has 38 heavy (non-hydrogen) atoms. The third-order valence-corrected chi connectivity index (χ3v) is 13.4. The van der Waals surface area contributed by atoms with Crippen LogP contribution < -0.4 is 5.32 Å². The minimum Gasteiger partial charge on any atom is -0.353 e. The molecule has 0 aromatic heterocycles. The smallest absolute Gasteiger partial charge is 0.226 e. The first kappa shape index (κ1) is 27.6. The summed E-state index contributed by atoms with van der Waals surface area (Å²) < 4.78 is 13.1. The largest absolute Gasteiger partial charge is 0.353 e. The van der Waals surface area contributed by atoms with E-state index in [1.807, 2.05) is 0 Å². The number of halogens is 1. The molecule has 4 saturated carbocycles. The molecule has 208 valence electrons. The van der Waals surface area contributed by atoms with Crippen LogP contribution in [0.3, 0.4) is 0 Å². The number of carbonyl (C=O) groups excluding carboxylic acids is 2. The fourth-order valence-corrected chi connectivity index (χ4v) is 11.5. The van der Waals surface area contributed by atoms with E-state index in [4.69, 9.17) is 0 Å². The maximum Gasteiger partial charge on any atom is 0.226 e. The summed E-state index contributed by atoms with van der Waals surface area (Å²) in [4.78, 5) is 26.9. The van der Waals surface area contributed by atoms with Gasteiger partial charge in [-0.15, -0.1) is 0 Å². The molecule has 5 aliphatic carbocycles. The van der Waals surface area contributed by atoms with Gasteiger partial charge in [0.1, 0.15) is 12.7 Å². The van der Waals surface area contributed by atoms with E-state index in [9.17, 15) is 19.2 Å². The highest BCUT2D eigenvalue weighted by Crippen LogP contribution is 2.77. The lowest BCUT2D eigenvalue weighted by molar-refractivity contribution is -0.218. The number of nitrogens with one attached hydrogen (secondary N) is 1. The summed E-state index contributed by atoms with van der Waals surface area (Å²) in [6.45, 7) is 17.5. The van der Waals surface area contributed by atoms with Gasteiger partial charge in [0.25, 0.3) is 0 Å². The maximum absolute atomic E-state index is 13.7.